The van der Waals surface area contributed by atoms with E-state index in [1.165, 1.54) is 0 Å². The number of piperidine rings is 1. The summed E-state index contributed by atoms with van der Waals surface area (Å²) in [5.41, 5.74) is 0.400. The van der Waals surface area contributed by atoms with Gasteiger partial charge in [-0.3, -0.25) is 0 Å². The van der Waals surface area contributed by atoms with Crippen molar-refractivity contribution in [2.24, 2.45) is 5.92 Å². The van der Waals surface area contributed by atoms with Crippen molar-refractivity contribution in [2.45, 2.75) is 18.9 Å². The van der Waals surface area contributed by atoms with Crippen LogP contribution in [0.15, 0.2) is 24.7 Å². The number of hydrogen-bond acceptors (Lipinski definition) is 8. The van der Waals surface area contributed by atoms with Crippen LogP contribution in [0.4, 0.5) is 11.8 Å². The standard InChI is InChI=1S/C17H19N7O/c1-25-16-15(19-6-7-20-16)23-8-3-12-4-9-24(14(12)11-23)17-21-5-2-13(10-18)22-17/h2,5-7,12,14H,3-4,8-9,11H2,1H3. The summed E-state index contributed by atoms with van der Waals surface area (Å²) >= 11 is 0. The molecule has 0 radical (unpaired) electrons. The van der Waals surface area contributed by atoms with Crippen molar-refractivity contribution in [3.8, 4) is 11.9 Å². The van der Waals surface area contributed by atoms with Crippen molar-refractivity contribution < 1.29 is 4.74 Å². The molecule has 2 aliphatic heterocycles. The van der Waals surface area contributed by atoms with Gasteiger partial charge in [-0.15, -0.1) is 0 Å². The molecule has 0 amide bonds. The van der Waals surface area contributed by atoms with Crippen molar-refractivity contribution in [1.29, 1.82) is 5.26 Å². The molecule has 2 atom stereocenters. The molecule has 0 bridgehead atoms. The zero-order chi connectivity index (χ0) is 17.2. The van der Waals surface area contributed by atoms with Crippen LogP contribution in [-0.2, 0) is 0 Å². The van der Waals surface area contributed by atoms with E-state index < -0.39 is 0 Å². The molecular formula is C17H19N7O. The van der Waals surface area contributed by atoms with E-state index in [1.807, 2.05) is 0 Å². The topological polar surface area (TPSA) is 91.1 Å². The molecule has 2 saturated heterocycles. The number of ether oxygens (including phenoxy) is 1. The second kappa shape index (κ2) is 6.51. The highest BCUT2D eigenvalue weighted by Crippen LogP contribution is 2.36. The van der Waals surface area contributed by atoms with Gasteiger partial charge in [0, 0.05) is 38.2 Å². The van der Waals surface area contributed by atoms with Gasteiger partial charge in [-0.25, -0.2) is 19.9 Å². The van der Waals surface area contributed by atoms with Gasteiger partial charge < -0.3 is 14.5 Å². The SMILES string of the molecule is COc1nccnc1N1CCC2CCN(c3nccc(C#N)n3)C2C1. The summed E-state index contributed by atoms with van der Waals surface area (Å²) in [6.07, 6.45) is 7.18. The lowest BCUT2D eigenvalue weighted by Crippen LogP contribution is -2.49. The highest BCUT2D eigenvalue weighted by molar-refractivity contribution is 5.50. The molecule has 2 unspecified atom stereocenters. The molecule has 0 saturated carbocycles. The van der Waals surface area contributed by atoms with Gasteiger partial charge in [0.2, 0.25) is 5.95 Å². The molecular weight excluding hydrogens is 318 g/mol. The minimum atomic E-state index is 0.300. The Morgan fingerprint density at radius 1 is 1.16 bits per heavy atom. The average molecular weight is 337 g/mol. The largest absolute Gasteiger partial charge is 0.478 e. The molecule has 0 aliphatic carbocycles. The number of fused-ring (bicyclic) bond motifs is 1. The van der Waals surface area contributed by atoms with Crippen molar-refractivity contribution in [3.63, 3.8) is 0 Å². The van der Waals surface area contributed by atoms with Crippen LogP contribution in [0.3, 0.4) is 0 Å². The lowest BCUT2D eigenvalue weighted by molar-refractivity contribution is 0.371. The Labute approximate surface area is 146 Å². The van der Waals surface area contributed by atoms with Crippen LogP contribution in [-0.4, -0.2) is 52.7 Å². The van der Waals surface area contributed by atoms with Gasteiger partial charge in [-0.2, -0.15) is 5.26 Å². The Bertz CT molecular complexity index is 806. The third-order valence-electron chi connectivity index (χ3n) is 5.02. The van der Waals surface area contributed by atoms with Crippen LogP contribution in [0, 0.1) is 17.2 Å². The molecule has 2 aliphatic rings. The fourth-order valence-electron chi connectivity index (χ4n) is 3.81. The summed E-state index contributed by atoms with van der Waals surface area (Å²) in [4.78, 5) is 21.9. The van der Waals surface area contributed by atoms with E-state index >= 15 is 0 Å². The van der Waals surface area contributed by atoms with Crippen LogP contribution in [0.5, 0.6) is 5.88 Å². The maximum atomic E-state index is 9.09. The van der Waals surface area contributed by atoms with Crippen molar-refractivity contribution >= 4 is 11.8 Å². The summed E-state index contributed by atoms with van der Waals surface area (Å²) in [6, 6.07) is 4.02. The van der Waals surface area contributed by atoms with Crippen molar-refractivity contribution in [1.82, 2.24) is 19.9 Å². The van der Waals surface area contributed by atoms with Crippen molar-refractivity contribution in [3.05, 3.63) is 30.4 Å². The molecule has 4 rings (SSSR count). The number of anilines is 2. The summed E-state index contributed by atoms with van der Waals surface area (Å²) < 4.78 is 5.36. The molecule has 0 N–H and O–H groups in total. The van der Waals surface area contributed by atoms with Gasteiger partial charge >= 0.3 is 0 Å². The Balaban J connectivity index is 1.59. The molecule has 0 spiro atoms. The molecule has 8 nitrogen and oxygen atoms in total. The van der Waals surface area contributed by atoms with Crippen LogP contribution in [0.25, 0.3) is 0 Å². The highest BCUT2D eigenvalue weighted by Gasteiger charge is 2.40. The summed E-state index contributed by atoms with van der Waals surface area (Å²) in [5, 5.41) is 9.09. The normalized spacial score (nSPS) is 22.4. The number of nitriles is 1. The molecule has 8 heteroatoms. The first-order valence-electron chi connectivity index (χ1n) is 8.40. The lowest BCUT2D eigenvalue weighted by Gasteiger charge is -2.39. The predicted molar refractivity (Wildman–Crippen MR) is 91.4 cm³/mol. The molecule has 4 heterocycles. The van der Waals surface area contributed by atoms with Crippen LogP contribution in [0.2, 0.25) is 0 Å². The Kier molecular flexibility index (Phi) is 4.06. The number of hydrogen-bond donors (Lipinski definition) is 0. The van der Waals surface area contributed by atoms with E-state index in [4.69, 9.17) is 10.00 Å². The van der Waals surface area contributed by atoms with E-state index in [2.05, 4.69) is 35.8 Å². The van der Waals surface area contributed by atoms with Gasteiger partial charge in [0.15, 0.2) is 5.82 Å². The van der Waals surface area contributed by atoms with Crippen LogP contribution < -0.4 is 14.5 Å². The Morgan fingerprint density at radius 2 is 2.00 bits per heavy atom. The summed E-state index contributed by atoms with van der Waals surface area (Å²) in [7, 11) is 1.61. The molecule has 25 heavy (non-hydrogen) atoms. The van der Waals surface area contributed by atoms with E-state index in [1.54, 1.807) is 31.8 Å². The number of rotatable bonds is 3. The quantitative estimate of drug-likeness (QED) is 0.826. The monoisotopic (exact) mass is 337 g/mol. The van der Waals surface area contributed by atoms with Gasteiger partial charge in [0.05, 0.1) is 13.2 Å². The maximum absolute atomic E-state index is 9.09. The van der Waals surface area contributed by atoms with Crippen LogP contribution >= 0.6 is 0 Å². The maximum Gasteiger partial charge on any atom is 0.257 e. The molecule has 2 fully saturated rings. The number of methoxy groups -OCH3 is 1. The highest BCUT2D eigenvalue weighted by atomic mass is 16.5. The predicted octanol–water partition coefficient (Wildman–Crippen LogP) is 1.25. The zero-order valence-corrected chi connectivity index (χ0v) is 14.0. The van der Waals surface area contributed by atoms with E-state index in [-0.39, 0.29) is 0 Å². The minimum Gasteiger partial charge on any atom is -0.478 e. The minimum absolute atomic E-state index is 0.300. The summed E-state index contributed by atoms with van der Waals surface area (Å²) in [5.74, 6) is 2.57. The van der Waals surface area contributed by atoms with E-state index in [0.717, 1.165) is 38.3 Å². The first-order valence-corrected chi connectivity index (χ1v) is 8.40. The molecule has 2 aromatic rings. The Hall–Kier alpha value is -2.95. The third-order valence-corrected chi connectivity index (χ3v) is 5.02. The average Bonchev–Trinajstić information content (AvgIpc) is 3.11. The van der Waals surface area contributed by atoms with Gasteiger partial charge in [-0.1, -0.05) is 0 Å². The molecule has 128 valence electrons. The van der Waals surface area contributed by atoms with E-state index in [9.17, 15) is 0 Å². The first kappa shape index (κ1) is 15.6. The lowest BCUT2D eigenvalue weighted by atomic mass is 9.92. The first-order chi connectivity index (χ1) is 12.3. The summed E-state index contributed by atoms with van der Waals surface area (Å²) in [6.45, 7) is 2.67. The molecule has 2 aromatic heterocycles. The molecule has 0 aromatic carbocycles. The fourth-order valence-corrected chi connectivity index (χ4v) is 3.81. The Morgan fingerprint density at radius 3 is 2.84 bits per heavy atom. The second-order valence-corrected chi connectivity index (χ2v) is 6.29. The fraction of sp³-hybridized carbons (Fsp3) is 0.471. The second-order valence-electron chi connectivity index (χ2n) is 6.29. The number of aromatic nitrogens is 4. The third kappa shape index (κ3) is 2.82. The smallest absolute Gasteiger partial charge is 0.257 e. The van der Waals surface area contributed by atoms with Crippen LogP contribution in [0.1, 0.15) is 18.5 Å². The van der Waals surface area contributed by atoms with E-state index in [0.29, 0.717) is 29.5 Å². The van der Waals surface area contributed by atoms with Gasteiger partial charge in [-0.05, 0) is 24.8 Å². The number of nitrogens with zero attached hydrogens (tertiary/aromatic N) is 7. The zero-order valence-electron chi connectivity index (χ0n) is 14.0. The van der Waals surface area contributed by atoms with Gasteiger partial charge in [0.1, 0.15) is 11.8 Å². The van der Waals surface area contributed by atoms with Gasteiger partial charge in [0.25, 0.3) is 5.88 Å². The van der Waals surface area contributed by atoms with Crippen molar-refractivity contribution in [2.75, 3.05) is 36.5 Å².